The van der Waals surface area contributed by atoms with Crippen LogP contribution in [0.25, 0.3) is 0 Å². The molecule has 1 aliphatic rings. The monoisotopic (exact) mass is 436 g/mol. The maximum absolute atomic E-state index is 12.9. The van der Waals surface area contributed by atoms with Gasteiger partial charge >= 0.3 is 5.97 Å². The van der Waals surface area contributed by atoms with Gasteiger partial charge in [0, 0.05) is 32.7 Å². The summed E-state index contributed by atoms with van der Waals surface area (Å²) in [6, 6.07) is 8.02. The van der Waals surface area contributed by atoms with Crippen molar-refractivity contribution in [2.45, 2.75) is 18.7 Å². The van der Waals surface area contributed by atoms with Crippen LogP contribution in [0.1, 0.15) is 19.4 Å². The first-order valence-corrected chi connectivity index (χ1v) is 11.3. The van der Waals surface area contributed by atoms with E-state index in [0.717, 1.165) is 0 Å². The minimum Gasteiger partial charge on any atom is -0.469 e. The van der Waals surface area contributed by atoms with Gasteiger partial charge < -0.3 is 9.64 Å². The summed E-state index contributed by atoms with van der Waals surface area (Å²) in [4.78, 5) is 27.8. The largest absolute Gasteiger partial charge is 0.469 e. The minimum atomic E-state index is -3.80. The van der Waals surface area contributed by atoms with Gasteiger partial charge in [0.25, 0.3) is 0 Å². The van der Waals surface area contributed by atoms with E-state index in [0.29, 0.717) is 13.1 Å². The van der Waals surface area contributed by atoms with Crippen LogP contribution in [0, 0.1) is 17.2 Å². The molecule has 1 unspecified atom stereocenters. The van der Waals surface area contributed by atoms with Crippen molar-refractivity contribution in [2.75, 3.05) is 52.9 Å². The molecule has 1 aliphatic heterocycles. The number of sulfonamides is 1. The molecule has 9 nitrogen and oxygen atoms in total. The Kier molecular flexibility index (Phi) is 8.34. The highest BCUT2D eigenvalue weighted by atomic mass is 32.2. The van der Waals surface area contributed by atoms with Crippen molar-refractivity contribution in [3.05, 3.63) is 29.8 Å². The smallest absolute Gasteiger partial charge is 0.309 e. The van der Waals surface area contributed by atoms with Crippen LogP contribution in [0.4, 0.5) is 0 Å². The van der Waals surface area contributed by atoms with Crippen LogP contribution in [0.3, 0.4) is 0 Å². The molecular formula is C20H28N4O5S. The normalized spacial score (nSPS) is 16.2. The molecule has 1 fully saturated rings. The summed E-state index contributed by atoms with van der Waals surface area (Å²) < 4.78 is 31.8. The SMILES string of the molecule is CCN(CC(=O)N1CCN(S(=O)(=O)c2ccccc2C#N)CC1)CC(C)C(=O)OC. The highest BCUT2D eigenvalue weighted by molar-refractivity contribution is 7.89. The fourth-order valence-electron chi connectivity index (χ4n) is 3.36. The lowest BCUT2D eigenvalue weighted by atomic mass is 10.1. The first kappa shape index (κ1) is 23.8. The Labute approximate surface area is 177 Å². The summed E-state index contributed by atoms with van der Waals surface area (Å²) >= 11 is 0. The van der Waals surface area contributed by atoms with Gasteiger partial charge in [0.15, 0.2) is 0 Å². The summed E-state index contributed by atoms with van der Waals surface area (Å²) in [6.07, 6.45) is 0. The van der Waals surface area contributed by atoms with Crippen molar-refractivity contribution < 1.29 is 22.7 Å². The van der Waals surface area contributed by atoms with Crippen LogP contribution in [0.15, 0.2) is 29.2 Å². The first-order valence-electron chi connectivity index (χ1n) is 9.81. The molecule has 2 rings (SSSR count). The van der Waals surface area contributed by atoms with E-state index >= 15 is 0 Å². The molecule has 0 spiro atoms. The number of nitriles is 1. The van der Waals surface area contributed by atoms with Crippen molar-refractivity contribution in [3.8, 4) is 6.07 Å². The van der Waals surface area contributed by atoms with Crippen LogP contribution in [0.5, 0.6) is 0 Å². The van der Waals surface area contributed by atoms with E-state index in [9.17, 15) is 23.3 Å². The standard InChI is InChI=1S/C20H28N4O5S/c1-4-22(14-16(2)20(26)29-3)15-19(25)23-9-11-24(12-10-23)30(27,28)18-8-6-5-7-17(18)13-21/h5-8,16H,4,9-12,14-15H2,1-3H3. The molecule has 1 aromatic rings. The van der Waals surface area contributed by atoms with Gasteiger partial charge in [0.05, 0.1) is 30.0 Å². The van der Waals surface area contributed by atoms with Gasteiger partial charge in [-0.05, 0) is 18.7 Å². The molecule has 1 amide bonds. The second-order valence-corrected chi connectivity index (χ2v) is 9.05. The molecule has 0 aliphatic carbocycles. The molecule has 1 aromatic carbocycles. The van der Waals surface area contributed by atoms with E-state index < -0.39 is 10.0 Å². The second-order valence-electron chi connectivity index (χ2n) is 7.14. The Bertz CT molecular complexity index is 904. The van der Waals surface area contributed by atoms with Gasteiger partial charge in [-0.3, -0.25) is 14.5 Å². The number of methoxy groups -OCH3 is 1. The molecule has 0 bridgehead atoms. The molecule has 0 N–H and O–H groups in total. The number of hydrogen-bond acceptors (Lipinski definition) is 7. The number of esters is 1. The van der Waals surface area contributed by atoms with E-state index in [1.165, 1.54) is 23.5 Å². The molecule has 10 heteroatoms. The number of hydrogen-bond donors (Lipinski definition) is 0. The number of piperazine rings is 1. The third-order valence-electron chi connectivity index (χ3n) is 5.16. The number of carbonyl (C=O) groups excluding carboxylic acids is 2. The molecule has 0 saturated carbocycles. The number of nitrogens with zero attached hydrogens (tertiary/aromatic N) is 4. The van der Waals surface area contributed by atoms with Crippen LogP contribution in [-0.4, -0.2) is 87.3 Å². The lowest BCUT2D eigenvalue weighted by Gasteiger charge is -2.35. The Morgan fingerprint density at radius 3 is 2.43 bits per heavy atom. The fraction of sp³-hybridized carbons (Fsp3) is 0.550. The van der Waals surface area contributed by atoms with Gasteiger partial charge in [-0.1, -0.05) is 26.0 Å². The van der Waals surface area contributed by atoms with Crippen molar-refractivity contribution in [3.63, 3.8) is 0 Å². The second kappa shape index (κ2) is 10.5. The molecule has 0 radical (unpaired) electrons. The zero-order valence-corrected chi connectivity index (χ0v) is 18.4. The molecule has 30 heavy (non-hydrogen) atoms. The Morgan fingerprint density at radius 2 is 1.87 bits per heavy atom. The number of carbonyl (C=O) groups is 2. The first-order chi connectivity index (χ1) is 14.2. The van der Waals surface area contributed by atoms with E-state index in [1.54, 1.807) is 24.0 Å². The number of amides is 1. The number of benzene rings is 1. The van der Waals surface area contributed by atoms with E-state index in [1.807, 2.05) is 17.9 Å². The average Bonchev–Trinajstić information content (AvgIpc) is 2.77. The van der Waals surface area contributed by atoms with Crippen LogP contribution in [-0.2, 0) is 24.3 Å². The molecule has 164 valence electrons. The van der Waals surface area contributed by atoms with Gasteiger partial charge in [-0.25, -0.2) is 8.42 Å². The predicted molar refractivity (Wildman–Crippen MR) is 110 cm³/mol. The quantitative estimate of drug-likeness (QED) is 0.546. The third-order valence-corrected chi connectivity index (χ3v) is 7.12. The van der Waals surface area contributed by atoms with Crippen molar-refractivity contribution in [2.24, 2.45) is 5.92 Å². The Morgan fingerprint density at radius 1 is 1.23 bits per heavy atom. The lowest BCUT2D eigenvalue weighted by Crippen LogP contribution is -2.52. The van der Waals surface area contributed by atoms with Crippen LogP contribution in [0.2, 0.25) is 0 Å². The highest BCUT2D eigenvalue weighted by Crippen LogP contribution is 2.21. The summed E-state index contributed by atoms with van der Waals surface area (Å²) in [6.45, 7) is 5.71. The zero-order valence-electron chi connectivity index (χ0n) is 17.6. The number of ether oxygens (including phenoxy) is 1. The highest BCUT2D eigenvalue weighted by Gasteiger charge is 2.32. The third kappa shape index (κ3) is 5.56. The van der Waals surface area contributed by atoms with Gasteiger partial charge in [0.2, 0.25) is 15.9 Å². The van der Waals surface area contributed by atoms with E-state index in [-0.39, 0.29) is 61.0 Å². The fourth-order valence-corrected chi connectivity index (χ4v) is 4.92. The zero-order chi connectivity index (χ0) is 22.3. The Hall–Kier alpha value is -2.48. The van der Waals surface area contributed by atoms with Gasteiger partial charge in [-0.15, -0.1) is 0 Å². The minimum absolute atomic E-state index is 0.0127. The predicted octanol–water partition coefficient (Wildman–Crippen LogP) is 0.522. The maximum Gasteiger partial charge on any atom is 0.309 e. The van der Waals surface area contributed by atoms with Crippen LogP contribution < -0.4 is 0 Å². The van der Waals surface area contributed by atoms with E-state index in [4.69, 9.17) is 4.74 Å². The topological polar surface area (TPSA) is 111 Å². The number of likely N-dealkylation sites (N-methyl/N-ethyl adjacent to an activating group) is 1. The Balaban J connectivity index is 1.97. The molecule has 0 aromatic heterocycles. The average molecular weight is 437 g/mol. The molecule has 1 saturated heterocycles. The summed E-state index contributed by atoms with van der Waals surface area (Å²) in [5.74, 6) is -0.772. The summed E-state index contributed by atoms with van der Waals surface area (Å²) in [5, 5.41) is 9.20. The molecule has 1 heterocycles. The van der Waals surface area contributed by atoms with Gasteiger partial charge in [-0.2, -0.15) is 9.57 Å². The maximum atomic E-state index is 12.9. The summed E-state index contributed by atoms with van der Waals surface area (Å²) in [7, 11) is -2.46. The number of rotatable bonds is 8. The van der Waals surface area contributed by atoms with Crippen molar-refractivity contribution in [1.82, 2.24) is 14.1 Å². The van der Waals surface area contributed by atoms with Crippen LogP contribution >= 0.6 is 0 Å². The molecule has 1 atom stereocenters. The van der Waals surface area contributed by atoms with Crippen molar-refractivity contribution in [1.29, 1.82) is 5.26 Å². The van der Waals surface area contributed by atoms with Crippen molar-refractivity contribution >= 4 is 21.9 Å². The van der Waals surface area contributed by atoms with E-state index in [2.05, 4.69) is 0 Å². The molecular weight excluding hydrogens is 408 g/mol. The van der Waals surface area contributed by atoms with Gasteiger partial charge in [0.1, 0.15) is 6.07 Å². The lowest BCUT2D eigenvalue weighted by molar-refractivity contribution is -0.146. The summed E-state index contributed by atoms with van der Waals surface area (Å²) in [5.41, 5.74) is 0.106.